The molecule has 0 aliphatic carbocycles. The Morgan fingerprint density at radius 3 is 2.73 bits per heavy atom. The zero-order valence-electron chi connectivity index (χ0n) is 20.6. The lowest BCUT2D eigenvalue weighted by Crippen LogP contribution is -2.31. The van der Waals surface area contributed by atoms with Gasteiger partial charge in [-0.2, -0.15) is 11.8 Å². The maximum absolute atomic E-state index is 13.0. The van der Waals surface area contributed by atoms with Gasteiger partial charge in [-0.05, 0) is 36.2 Å². The summed E-state index contributed by atoms with van der Waals surface area (Å²) in [5.74, 6) is 1.30. The molecule has 2 aromatic heterocycles. The van der Waals surface area contributed by atoms with E-state index in [4.69, 9.17) is 4.74 Å². The van der Waals surface area contributed by atoms with Crippen LogP contribution in [0.25, 0.3) is 10.9 Å². The third-order valence-electron chi connectivity index (χ3n) is 5.50. The molecule has 0 aliphatic rings. The zero-order valence-corrected chi connectivity index (χ0v) is 22.2. The molecule has 4 aromatic rings. The van der Waals surface area contributed by atoms with Crippen LogP contribution in [-0.4, -0.2) is 40.6 Å². The summed E-state index contributed by atoms with van der Waals surface area (Å²) < 4.78 is 9.22. The molecule has 4 rings (SSSR count). The Morgan fingerprint density at radius 1 is 1.14 bits per heavy atom. The van der Waals surface area contributed by atoms with E-state index in [1.54, 1.807) is 18.0 Å². The summed E-state index contributed by atoms with van der Waals surface area (Å²) in [5.41, 5.74) is 3.25. The molecule has 0 saturated heterocycles. The van der Waals surface area contributed by atoms with Gasteiger partial charge in [0.2, 0.25) is 0 Å². The molecule has 1 amide bonds. The molecule has 0 spiro atoms. The lowest BCUT2D eigenvalue weighted by atomic mass is 10.2. The standard InChI is InChI=1S/C28H30N4O3S2/c1-2-14-35-22-15-21-16-25(31-27(21)24(17-22)32-37-26-10-6-7-12-29-26)28(34)30-18-23(11-13-33)36-19-20-8-4-3-5-9-20/h3-10,12-13,15-17,23,31-32H,2,11,14,18-19H2,1H3,(H,30,34). The van der Waals surface area contributed by atoms with Gasteiger partial charge in [-0.25, -0.2) is 4.98 Å². The van der Waals surface area contributed by atoms with Crippen LogP contribution in [0.1, 0.15) is 35.8 Å². The number of nitrogens with one attached hydrogen (secondary N) is 3. The molecule has 3 N–H and O–H groups in total. The van der Waals surface area contributed by atoms with Crippen LogP contribution in [0.5, 0.6) is 5.75 Å². The first-order chi connectivity index (χ1) is 18.2. The van der Waals surface area contributed by atoms with Crippen molar-refractivity contribution in [3.63, 3.8) is 0 Å². The Bertz CT molecular complexity index is 1300. The highest BCUT2D eigenvalue weighted by atomic mass is 32.2. The average Bonchev–Trinajstić information content (AvgIpc) is 3.37. The van der Waals surface area contributed by atoms with Gasteiger partial charge in [0.25, 0.3) is 5.91 Å². The Hall–Kier alpha value is -3.43. The molecule has 9 heteroatoms. The Balaban J connectivity index is 1.46. The van der Waals surface area contributed by atoms with Crippen molar-refractivity contribution < 1.29 is 14.3 Å². The van der Waals surface area contributed by atoms with Crippen LogP contribution in [0.3, 0.4) is 0 Å². The molecule has 2 aromatic carbocycles. The highest BCUT2D eigenvalue weighted by molar-refractivity contribution is 8.00. The van der Waals surface area contributed by atoms with Crippen LogP contribution in [0, 0.1) is 0 Å². The fourth-order valence-electron chi connectivity index (χ4n) is 3.65. The number of nitrogens with zero attached hydrogens (tertiary/aromatic N) is 1. The van der Waals surface area contributed by atoms with E-state index in [1.165, 1.54) is 17.5 Å². The minimum Gasteiger partial charge on any atom is -0.494 e. The summed E-state index contributed by atoms with van der Waals surface area (Å²) in [6.45, 7) is 3.06. The molecule has 0 fully saturated rings. The fraction of sp³-hybridized carbons (Fsp3) is 0.250. The third-order valence-corrected chi connectivity index (χ3v) is 7.60. The fourth-order valence-corrected chi connectivity index (χ4v) is 5.32. The van der Waals surface area contributed by atoms with Crippen molar-refractivity contribution in [2.45, 2.75) is 35.8 Å². The van der Waals surface area contributed by atoms with E-state index in [0.717, 1.165) is 45.8 Å². The van der Waals surface area contributed by atoms with Gasteiger partial charge in [-0.3, -0.25) is 4.79 Å². The number of pyridine rings is 1. The average molecular weight is 535 g/mol. The Labute approximate surface area is 225 Å². The zero-order chi connectivity index (χ0) is 25.9. The van der Waals surface area contributed by atoms with E-state index < -0.39 is 0 Å². The highest BCUT2D eigenvalue weighted by Crippen LogP contribution is 2.32. The molecular weight excluding hydrogens is 504 g/mol. The number of carbonyl (C=O) groups is 2. The minimum absolute atomic E-state index is 0.00733. The van der Waals surface area contributed by atoms with Gasteiger partial charge in [0.1, 0.15) is 22.8 Å². The maximum Gasteiger partial charge on any atom is 0.267 e. The number of H-pyrrole nitrogens is 1. The molecule has 1 atom stereocenters. The Kier molecular flexibility index (Phi) is 9.90. The number of carbonyl (C=O) groups excluding carboxylic acids is 2. The summed E-state index contributed by atoms with van der Waals surface area (Å²) in [5, 5.41) is 4.68. The van der Waals surface area contributed by atoms with Crippen LogP contribution in [-0.2, 0) is 10.5 Å². The molecule has 0 bridgehead atoms. The summed E-state index contributed by atoms with van der Waals surface area (Å²) >= 11 is 3.06. The summed E-state index contributed by atoms with van der Waals surface area (Å²) in [6, 6.07) is 21.5. The molecule has 192 valence electrons. The van der Waals surface area contributed by atoms with Gasteiger partial charge in [-0.15, -0.1) is 0 Å². The van der Waals surface area contributed by atoms with Crippen LogP contribution in [0.4, 0.5) is 5.69 Å². The van der Waals surface area contributed by atoms with Gasteiger partial charge in [0, 0.05) is 53.6 Å². The largest absolute Gasteiger partial charge is 0.494 e. The molecular formula is C28H30N4O3S2. The normalized spacial score (nSPS) is 11.7. The Morgan fingerprint density at radius 2 is 1.97 bits per heavy atom. The second-order valence-corrected chi connectivity index (χ2v) is 10.5. The molecule has 1 unspecified atom stereocenters. The van der Waals surface area contributed by atoms with E-state index in [9.17, 15) is 9.59 Å². The number of aldehydes is 1. The van der Waals surface area contributed by atoms with Crippen LogP contribution in [0.2, 0.25) is 0 Å². The number of hydrogen-bond donors (Lipinski definition) is 3. The predicted octanol–water partition coefficient (Wildman–Crippen LogP) is 6.09. The number of hydrogen-bond acceptors (Lipinski definition) is 7. The van der Waals surface area contributed by atoms with Gasteiger partial charge in [0.05, 0.1) is 17.8 Å². The summed E-state index contributed by atoms with van der Waals surface area (Å²) in [7, 11) is 0. The van der Waals surface area contributed by atoms with Crippen molar-refractivity contribution in [2.75, 3.05) is 17.9 Å². The number of ether oxygens (including phenoxy) is 1. The topological polar surface area (TPSA) is 96.1 Å². The molecule has 37 heavy (non-hydrogen) atoms. The monoisotopic (exact) mass is 534 g/mol. The number of aromatic amines is 1. The number of rotatable bonds is 14. The van der Waals surface area contributed by atoms with Crippen LogP contribution >= 0.6 is 23.7 Å². The number of fused-ring (bicyclic) bond motifs is 1. The predicted molar refractivity (Wildman–Crippen MR) is 152 cm³/mol. The molecule has 0 aliphatic heterocycles. The van der Waals surface area contributed by atoms with Crippen molar-refractivity contribution in [2.24, 2.45) is 0 Å². The summed E-state index contributed by atoms with van der Waals surface area (Å²) in [4.78, 5) is 31.8. The van der Waals surface area contributed by atoms with E-state index >= 15 is 0 Å². The number of thioether (sulfide) groups is 1. The van der Waals surface area contributed by atoms with Crippen molar-refractivity contribution >= 4 is 52.5 Å². The second-order valence-electron chi connectivity index (χ2n) is 8.37. The van der Waals surface area contributed by atoms with Gasteiger partial charge < -0.3 is 24.6 Å². The second kappa shape index (κ2) is 13.8. The third kappa shape index (κ3) is 7.77. The number of aromatic nitrogens is 2. The van der Waals surface area contributed by atoms with E-state index in [-0.39, 0.29) is 11.2 Å². The molecule has 0 saturated carbocycles. The lowest BCUT2D eigenvalue weighted by molar-refractivity contribution is -0.107. The number of amides is 1. The van der Waals surface area contributed by atoms with Crippen LogP contribution in [0.15, 0.2) is 78.0 Å². The molecule has 2 heterocycles. The first kappa shape index (κ1) is 26.6. The highest BCUT2D eigenvalue weighted by Gasteiger charge is 2.16. The van der Waals surface area contributed by atoms with Crippen molar-refractivity contribution in [3.8, 4) is 5.75 Å². The number of anilines is 1. The molecule has 7 nitrogen and oxygen atoms in total. The number of benzene rings is 2. The quantitative estimate of drug-likeness (QED) is 0.133. The first-order valence-electron chi connectivity index (χ1n) is 12.2. The van der Waals surface area contributed by atoms with Gasteiger partial charge in [-0.1, -0.05) is 43.3 Å². The SMILES string of the molecule is CCCOc1cc(NSc2ccccn2)c2[nH]c(C(=O)NCC(CC=O)SCc3ccccc3)cc2c1. The van der Waals surface area contributed by atoms with Gasteiger partial charge >= 0.3 is 0 Å². The lowest BCUT2D eigenvalue weighted by Gasteiger charge is -2.14. The maximum atomic E-state index is 13.0. The van der Waals surface area contributed by atoms with Crippen molar-refractivity contribution in [3.05, 3.63) is 84.2 Å². The first-order valence-corrected chi connectivity index (χ1v) is 14.0. The van der Waals surface area contributed by atoms with E-state index in [0.29, 0.717) is 25.3 Å². The van der Waals surface area contributed by atoms with E-state index in [2.05, 4.69) is 39.1 Å². The van der Waals surface area contributed by atoms with Crippen molar-refractivity contribution in [1.29, 1.82) is 0 Å². The van der Waals surface area contributed by atoms with Crippen LogP contribution < -0.4 is 14.8 Å². The van der Waals surface area contributed by atoms with Crippen molar-refractivity contribution in [1.82, 2.24) is 15.3 Å². The van der Waals surface area contributed by atoms with Gasteiger partial charge in [0.15, 0.2) is 0 Å². The summed E-state index contributed by atoms with van der Waals surface area (Å²) in [6.07, 6.45) is 3.93. The van der Waals surface area contributed by atoms with E-state index in [1.807, 2.05) is 54.6 Å². The smallest absolute Gasteiger partial charge is 0.267 e. The molecule has 0 radical (unpaired) electrons. The minimum atomic E-state index is -0.216.